The van der Waals surface area contributed by atoms with Crippen molar-refractivity contribution in [2.45, 2.75) is 46.6 Å². The Bertz CT molecular complexity index is 613. The summed E-state index contributed by atoms with van der Waals surface area (Å²) < 4.78 is 0. The van der Waals surface area contributed by atoms with Crippen LogP contribution in [0.4, 0.5) is 10.5 Å². The Kier molecular flexibility index (Phi) is 8.10. The standard InChI is InChI=1S/C21H34N4O2/c1-5-23(6-2)13-7-8-18(4)22-20(26)16-24-14-15-25(21(24)27)19-11-9-17(3)10-12-19/h9-12,18H,5-8,13-16H2,1-4H3,(H,22,26). The minimum absolute atomic E-state index is 0.0792. The SMILES string of the molecule is CCN(CC)CCCC(C)NC(=O)CN1CCN(c2ccc(C)cc2)C1=O. The molecule has 1 aliphatic heterocycles. The molecule has 1 aliphatic rings. The first kappa shape index (κ1) is 21.2. The van der Waals surface area contributed by atoms with Crippen LogP contribution in [0, 0.1) is 6.92 Å². The van der Waals surface area contributed by atoms with Gasteiger partial charge in [-0.1, -0.05) is 31.5 Å². The largest absolute Gasteiger partial charge is 0.352 e. The zero-order chi connectivity index (χ0) is 19.8. The fourth-order valence-electron chi connectivity index (χ4n) is 3.42. The monoisotopic (exact) mass is 374 g/mol. The molecule has 0 saturated carbocycles. The van der Waals surface area contributed by atoms with E-state index in [9.17, 15) is 9.59 Å². The molecule has 1 saturated heterocycles. The molecule has 1 heterocycles. The molecule has 6 heteroatoms. The van der Waals surface area contributed by atoms with Crippen molar-refractivity contribution >= 4 is 17.6 Å². The quantitative estimate of drug-likeness (QED) is 0.685. The summed E-state index contributed by atoms with van der Waals surface area (Å²) in [6.45, 7) is 12.9. The second kappa shape index (κ2) is 10.3. The molecule has 2 rings (SSSR count). The van der Waals surface area contributed by atoms with Gasteiger partial charge in [0.1, 0.15) is 6.54 Å². The highest BCUT2D eigenvalue weighted by molar-refractivity contribution is 5.96. The Morgan fingerprint density at radius 1 is 1.19 bits per heavy atom. The maximum Gasteiger partial charge on any atom is 0.325 e. The maximum atomic E-state index is 12.6. The molecule has 6 nitrogen and oxygen atoms in total. The van der Waals surface area contributed by atoms with Gasteiger partial charge in [0.25, 0.3) is 0 Å². The fraction of sp³-hybridized carbons (Fsp3) is 0.619. The van der Waals surface area contributed by atoms with Crippen LogP contribution in [0.2, 0.25) is 0 Å². The normalized spacial score (nSPS) is 15.5. The summed E-state index contributed by atoms with van der Waals surface area (Å²) in [7, 11) is 0. The van der Waals surface area contributed by atoms with Gasteiger partial charge in [0.15, 0.2) is 0 Å². The van der Waals surface area contributed by atoms with E-state index < -0.39 is 0 Å². The van der Waals surface area contributed by atoms with Gasteiger partial charge >= 0.3 is 6.03 Å². The number of amides is 3. The smallest absolute Gasteiger partial charge is 0.325 e. The summed E-state index contributed by atoms with van der Waals surface area (Å²) in [5.41, 5.74) is 2.05. The van der Waals surface area contributed by atoms with Crippen LogP contribution in [0.15, 0.2) is 24.3 Å². The van der Waals surface area contributed by atoms with Gasteiger partial charge in [-0.05, 0) is 58.5 Å². The molecule has 1 N–H and O–H groups in total. The number of carbonyl (C=O) groups excluding carboxylic acids is 2. The number of aryl methyl sites for hydroxylation is 1. The summed E-state index contributed by atoms with van der Waals surface area (Å²) in [6.07, 6.45) is 2.01. The Morgan fingerprint density at radius 3 is 2.48 bits per heavy atom. The van der Waals surface area contributed by atoms with Crippen LogP contribution >= 0.6 is 0 Å². The molecule has 0 bridgehead atoms. The average Bonchev–Trinajstić information content (AvgIpc) is 3.00. The van der Waals surface area contributed by atoms with Gasteiger partial charge in [0, 0.05) is 24.8 Å². The molecule has 27 heavy (non-hydrogen) atoms. The van der Waals surface area contributed by atoms with Gasteiger partial charge in [0.05, 0.1) is 0 Å². The highest BCUT2D eigenvalue weighted by atomic mass is 16.2. The molecule has 3 amide bonds. The summed E-state index contributed by atoms with van der Waals surface area (Å²) in [5, 5.41) is 3.03. The lowest BCUT2D eigenvalue weighted by Crippen LogP contribution is -2.43. The van der Waals surface area contributed by atoms with Crippen LogP contribution in [0.3, 0.4) is 0 Å². The zero-order valence-electron chi connectivity index (χ0n) is 17.2. The second-order valence-electron chi connectivity index (χ2n) is 7.33. The zero-order valence-corrected chi connectivity index (χ0v) is 17.2. The first-order valence-corrected chi connectivity index (χ1v) is 10.1. The topological polar surface area (TPSA) is 55.9 Å². The third-order valence-electron chi connectivity index (χ3n) is 5.19. The van der Waals surface area contributed by atoms with Gasteiger partial charge in [-0.25, -0.2) is 4.79 Å². The first-order valence-electron chi connectivity index (χ1n) is 10.1. The molecule has 1 aromatic carbocycles. The Hall–Kier alpha value is -2.08. The van der Waals surface area contributed by atoms with Crippen molar-refractivity contribution in [3.8, 4) is 0 Å². The minimum atomic E-state index is -0.0943. The molecule has 1 unspecified atom stereocenters. The molecular weight excluding hydrogens is 340 g/mol. The van der Waals surface area contributed by atoms with Gasteiger partial charge in [-0.3, -0.25) is 9.69 Å². The van der Waals surface area contributed by atoms with Gasteiger partial charge in [-0.2, -0.15) is 0 Å². The van der Waals surface area contributed by atoms with Crippen LogP contribution in [-0.2, 0) is 4.79 Å². The Balaban J connectivity index is 1.75. The lowest BCUT2D eigenvalue weighted by atomic mass is 10.1. The molecule has 0 aromatic heterocycles. The van der Waals surface area contributed by atoms with Crippen molar-refractivity contribution in [3.63, 3.8) is 0 Å². The number of nitrogens with zero attached hydrogens (tertiary/aromatic N) is 3. The van der Waals surface area contributed by atoms with Crippen molar-refractivity contribution in [3.05, 3.63) is 29.8 Å². The van der Waals surface area contributed by atoms with E-state index in [-0.39, 0.29) is 24.5 Å². The third-order valence-corrected chi connectivity index (χ3v) is 5.19. The van der Waals surface area contributed by atoms with Gasteiger partial charge in [0.2, 0.25) is 5.91 Å². The summed E-state index contributed by atoms with van der Waals surface area (Å²) in [4.78, 5) is 30.7. The number of anilines is 1. The van der Waals surface area contributed by atoms with Crippen LogP contribution in [0.25, 0.3) is 0 Å². The lowest BCUT2D eigenvalue weighted by molar-refractivity contribution is -0.122. The van der Waals surface area contributed by atoms with Crippen LogP contribution in [0.5, 0.6) is 0 Å². The van der Waals surface area contributed by atoms with Crippen LogP contribution in [0.1, 0.15) is 39.2 Å². The number of hydrogen-bond acceptors (Lipinski definition) is 3. The highest BCUT2D eigenvalue weighted by Crippen LogP contribution is 2.20. The van der Waals surface area contributed by atoms with E-state index >= 15 is 0 Å². The van der Waals surface area contributed by atoms with Crippen LogP contribution < -0.4 is 10.2 Å². The number of hydrogen-bond donors (Lipinski definition) is 1. The minimum Gasteiger partial charge on any atom is -0.352 e. The van der Waals surface area contributed by atoms with Crippen LogP contribution in [-0.4, -0.2) is 67.0 Å². The number of nitrogens with one attached hydrogen (secondary N) is 1. The van der Waals surface area contributed by atoms with E-state index in [4.69, 9.17) is 0 Å². The molecule has 0 spiro atoms. The van der Waals surface area contributed by atoms with Crippen molar-refractivity contribution < 1.29 is 9.59 Å². The number of urea groups is 1. The van der Waals surface area contributed by atoms with Crippen molar-refractivity contribution in [1.29, 1.82) is 0 Å². The van der Waals surface area contributed by atoms with E-state index in [0.29, 0.717) is 13.1 Å². The van der Waals surface area contributed by atoms with E-state index in [2.05, 4.69) is 24.1 Å². The molecule has 150 valence electrons. The fourth-order valence-corrected chi connectivity index (χ4v) is 3.42. The number of benzene rings is 1. The van der Waals surface area contributed by atoms with E-state index in [1.807, 2.05) is 38.1 Å². The summed E-state index contributed by atoms with van der Waals surface area (Å²) >= 11 is 0. The Morgan fingerprint density at radius 2 is 1.85 bits per heavy atom. The molecule has 1 aromatic rings. The second-order valence-corrected chi connectivity index (χ2v) is 7.33. The summed E-state index contributed by atoms with van der Waals surface area (Å²) in [6, 6.07) is 7.93. The van der Waals surface area contributed by atoms with E-state index in [1.165, 1.54) is 0 Å². The van der Waals surface area contributed by atoms with E-state index in [0.717, 1.165) is 43.7 Å². The lowest BCUT2D eigenvalue weighted by Gasteiger charge is -2.21. The van der Waals surface area contributed by atoms with Crippen molar-refractivity contribution in [2.75, 3.05) is 44.2 Å². The highest BCUT2D eigenvalue weighted by Gasteiger charge is 2.30. The molecule has 1 atom stereocenters. The van der Waals surface area contributed by atoms with E-state index in [1.54, 1.807) is 9.80 Å². The van der Waals surface area contributed by atoms with Gasteiger partial charge < -0.3 is 15.1 Å². The first-order chi connectivity index (χ1) is 12.9. The third kappa shape index (κ3) is 6.24. The molecular formula is C21H34N4O2. The summed E-state index contributed by atoms with van der Waals surface area (Å²) in [5.74, 6) is -0.0792. The van der Waals surface area contributed by atoms with Crippen molar-refractivity contribution in [1.82, 2.24) is 15.1 Å². The van der Waals surface area contributed by atoms with Crippen molar-refractivity contribution in [2.24, 2.45) is 0 Å². The average molecular weight is 375 g/mol. The molecule has 0 aliphatic carbocycles. The predicted octanol–water partition coefficient (Wildman–Crippen LogP) is 2.86. The predicted molar refractivity (Wildman–Crippen MR) is 110 cm³/mol. The number of carbonyl (C=O) groups is 2. The maximum absolute atomic E-state index is 12.6. The number of rotatable bonds is 10. The Labute approximate surface area is 163 Å². The van der Waals surface area contributed by atoms with Gasteiger partial charge in [-0.15, -0.1) is 0 Å². The molecule has 0 radical (unpaired) electrons. The molecule has 1 fully saturated rings.